The number of carboxylic acids is 3. The maximum atomic E-state index is 13.3. The van der Waals surface area contributed by atoms with Gasteiger partial charge in [-0.2, -0.15) is 0 Å². The van der Waals surface area contributed by atoms with Crippen molar-refractivity contribution in [2.45, 2.75) is 0 Å². The zero-order valence-corrected chi connectivity index (χ0v) is 18.5. The number of halogens is 2. The molecule has 0 aromatic heterocycles. The summed E-state index contributed by atoms with van der Waals surface area (Å²) in [5, 5.41) is 26.0. The van der Waals surface area contributed by atoms with Crippen LogP contribution in [0.5, 0.6) is 23.0 Å². The van der Waals surface area contributed by atoms with Crippen molar-refractivity contribution in [3.05, 3.63) is 71.9 Å². The largest absolute Gasteiger partial charge is 0.490 e. The zero-order valence-electron chi connectivity index (χ0n) is 18.5. The molecule has 0 saturated heterocycles. The molecule has 0 bridgehead atoms. The Kier molecular flexibility index (Phi) is 11.4. The van der Waals surface area contributed by atoms with Crippen LogP contribution in [0.2, 0.25) is 0 Å². The van der Waals surface area contributed by atoms with E-state index in [4.69, 9.17) is 34.3 Å². The van der Waals surface area contributed by atoms with Crippen LogP contribution in [0.4, 0.5) is 8.78 Å². The molecule has 0 aliphatic carbocycles. The highest BCUT2D eigenvalue weighted by molar-refractivity contribution is 5.93. The third kappa shape index (κ3) is 8.66. The van der Waals surface area contributed by atoms with Crippen molar-refractivity contribution in [3.8, 4) is 23.0 Å². The van der Waals surface area contributed by atoms with Gasteiger partial charge in [0.05, 0.1) is 20.3 Å². The Morgan fingerprint density at radius 2 is 1.22 bits per heavy atom. The van der Waals surface area contributed by atoms with E-state index in [1.807, 2.05) is 0 Å². The molecule has 2 aromatic carbocycles. The lowest BCUT2D eigenvalue weighted by atomic mass is 10.3. The van der Waals surface area contributed by atoms with Crippen LogP contribution in [0.15, 0.2) is 60.3 Å². The van der Waals surface area contributed by atoms with E-state index in [9.17, 15) is 28.0 Å². The Hall–Kier alpha value is -5.14. The molecule has 192 valence electrons. The van der Waals surface area contributed by atoms with E-state index in [0.717, 1.165) is 12.1 Å². The molecule has 0 radical (unpaired) electrons. The highest BCUT2D eigenvalue weighted by atomic mass is 19.1. The third-order valence-electron chi connectivity index (χ3n) is 3.62. The summed E-state index contributed by atoms with van der Waals surface area (Å²) in [6, 6.07) is 7.35. The first-order valence-corrected chi connectivity index (χ1v) is 9.26. The first-order chi connectivity index (χ1) is 17.0. The van der Waals surface area contributed by atoms with Gasteiger partial charge < -0.3 is 39.0 Å². The van der Waals surface area contributed by atoms with Gasteiger partial charge >= 0.3 is 17.9 Å². The van der Waals surface area contributed by atoms with Crippen LogP contribution in [0.3, 0.4) is 0 Å². The van der Waals surface area contributed by atoms with E-state index in [1.165, 1.54) is 38.5 Å². The number of hydrogen-bond acceptors (Lipinski definition) is 9. The second-order valence-electron chi connectivity index (χ2n) is 5.92. The van der Waals surface area contributed by atoms with Crippen LogP contribution in [-0.4, -0.2) is 53.9 Å². The number of ether oxygens (including phenoxy) is 5. The first kappa shape index (κ1) is 28.9. The monoisotopic (exact) mass is 512 g/mol. The van der Waals surface area contributed by atoms with Crippen molar-refractivity contribution in [2.24, 2.45) is 0 Å². The van der Waals surface area contributed by atoms with Gasteiger partial charge in [0.1, 0.15) is 6.26 Å². The fraction of sp³-hybridized carbons (Fsp3) is 0.0909. The summed E-state index contributed by atoms with van der Waals surface area (Å²) in [5.74, 6) is -8.53. The Balaban J connectivity index is 0.000000360. The van der Waals surface area contributed by atoms with Crippen LogP contribution >= 0.6 is 0 Å². The molecule has 0 fully saturated rings. The molecule has 0 saturated carbocycles. The van der Waals surface area contributed by atoms with Gasteiger partial charge in [0.2, 0.25) is 11.5 Å². The molecule has 0 aliphatic heterocycles. The van der Waals surface area contributed by atoms with Crippen molar-refractivity contribution in [1.82, 2.24) is 0 Å². The van der Waals surface area contributed by atoms with Crippen molar-refractivity contribution in [1.29, 1.82) is 0 Å². The molecule has 2 aromatic rings. The van der Waals surface area contributed by atoms with Crippen LogP contribution in [0.25, 0.3) is 0 Å². The summed E-state index contributed by atoms with van der Waals surface area (Å²) in [6.45, 7) is 0.0229. The topological polar surface area (TPSA) is 175 Å². The summed E-state index contributed by atoms with van der Waals surface area (Å²) >= 11 is 0. The van der Waals surface area contributed by atoms with Gasteiger partial charge in [-0.1, -0.05) is 12.1 Å². The lowest BCUT2D eigenvalue weighted by Gasteiger charge is -2.10. The average Bonchev–Trinajstić information content (AvgIpc) is 2.81. The first-order valence-electron chi connectivity index (χ1n) is 9.26. The zero-order chi connectivity index (χ0) is 27.3. The number of carbonyl (C=O) groups excluding carboxylic acids is 1. The van der Waals surface area contributed by atoms with Crippen molar-refractivity contribution < 1.29 is 67.0 Å². The molecule has 0 heterocycles. The molecule has 0 spiro atoms. The molecular formula is C22H18F2O12. The Labute approximate surface area is 201 Å². The van der Waals surface area contributed by atoms with E-state index >= 15 is 0 Å². The Morgan fingerprint density at radius 1 is 0.778 bits per heavy atom. The highest BCUT2D eigenvalue weighted by Gasteiger charge is 2.18. The van der Waals surface area contributed by atoms with E-state index in [2.05, 4.69) is 4.74 Å². The van der Waals surface area contributed by atoms with E-state index in [0.29, 0.717) is 12.3 Å². The number of carboxylic acid groups (broad SMARTS) is 3. The van der Waals surface area contributed by atoms with Gasteiger partial charge in [0.25, 0.3) is 6.47 Å². The molecule has 14 heteroatoms. The Bertz CT molecular complexity index is 1170. The van der Waals surface area contributed by atoms with E-state index in [1.54, 1.807) is 0 Å². The quantitative estimate of drug-likeness (QED) is 0.228. The van der Waals surface area contributed by atoms with Crippen LogP contribution in [-0.2, 0) is 23.9 Å². The number of benzene rings is 2. The number of para-hydroxylation sites is 2. The standard InChI is InChI=1S/2C11H9FO6/c1-16-10-7(12)3-2-4-8(10)18-9(11(14)15)5-17-6-13;1-17-10-6(12)3-2-4-7(10)18-8(11(15)16)5-9(13)14/h2-6H,1H3,(H,14,15);2-5H,1H3,(H,13,14)(H,15,16)/b9-5-;8-5+. The molecule has 0 amide bonds. The Morgan fingerprint density at radius 3 is 1.58 bits per heavy atom. The summed E-state index contributed by atoms with van der Waals surface area (Å²) in [5.41, 5.74) is 0. The SMILES string of the molecule is COc1c(F)cccc1O/C(=C/C(=O)O)C(=O)O.COc1c(F)cccc1O/C(=C\OC=O)C(=O)O. The van der Waals surface area contributed by atoms with Gasteiger partial charge in [0.15, 0.2) is 34.6 Å². The number of methoxy groups -OCH3 is 2. The molecule has 2 rings (SSSR count). The molecular weight excluding hydrogens is 494 g/mol. The van der Waals surface area contributed by atoms with Gasteiger partial charge in [-0.15, -0.1) is 0 Å². The molecule has 0 atom stereocenters. The lowest BCUT2D eigenvalue weighted by Crippen LogP contribution is -2.11. The molecule has 0 unspecified atom stereocenters. The minimum Gasteiger partial charge on any atom is -0.490 e. The van der Waals surface area contributed by atoms with E-state index in [-0.39, 0.29) is 29.5 Å². The van der Waals surface area contributed by atoms with Crippen LogP contribution < -0.4 is 18.9 Å². The third-order valence-corrected chi connectivity index (χ3v) is 3.62. The second kappa shape index (κ2) is 14.2. The van der Waals surface area contributed by atoms with Crippen molar-refractivity contribution >= 4 is 24.4 Å². The number of carbonyl (C=O) groups is 4. The molecule has 36 heavy (non-hydrogen) atoms. The summed E-state index contributed by atoms with van der Waals surface area (Å²) in [4.78, 5) is 41.9. The number of hydrogen-bond donors (Lipinski definition) is 3. The fourth-order valence-corrected chi connectivity index (χ4v) is 2.23. The second-order valence-corrected chi connectivity index (χ2v) is 5.92. The minimum absolute atomic E-state index is 0.0229. The van der Waals surface area contributed by atoms with E-state index < -0.39 is 41.1 Å². The van der Waals surface area contributed by atoms with Crippen LogP contribution in [0.1, 0.15) is 0 Å². The van der Waals surface area contributed by atoms with Gasteiger partial charge in [-0.25, -0.2) is 23.2 Å². The van der Waals surface area contributed by atoms with Crippen LogP contribution in [0, 0.1) is 11.6 Å². The predicted octanol–water partition coefficient (Wildman–Crippen LogP) is 2.58. The smallest absolute Gasteiger partial charge is 0.375 e. The van der Waals surface area contributed by atoms with Gasteiger partial charge in [-0.05, 0) is 24.3 Å². The minimum atomic E-state index is -1.59. The van der Waals surface area contributed by atoms with Gasteiger partial charge in [0, 0.05) is 0 Å². The summed E-state index contributed by atoms with van der Waals surface area (Å²) in [6.07, 6.45) is 0.937. The maximum Gasteiger partial charge on any atom is 0.375 e. The van der Waals surface area contributed by atoms with Gasteiger partial charge in [-0.3, -0.25) is 4.79 Å². The summed E-state index contributed by atoms with van der Waals surface area (Å²) < 4.78 is 49.8. The molecule has 12 nitrogen and oxygen atoms in total. The average molecular weight is 512 g/mol. The highest BCUT2D eigenvalue weighted by Crippen LogP contribution is 2.32. The van der Waals surface area contributed by atoms with Crippen molar-refractivity contribution in [3.63, 3.8) is 0 Å². The predicted molar refractivity (Wildman–Crippen MR) is 113 cm³/mol. The molecule has 3 N–H and O–H groups in total. The summed E-state index contributed by atoms with van der Waals surface area (Å²) in [7, 11) is 2.38. The molecule has 0 aliphatic rings. The fourth-order valence-electron chi connectivity index (χ4n) is 2.23. The maximum absolute atomic E-state index is 13.3. The van der Waals surface area contributed by atoms with Crippen molar-refractivity contribution in [2.75, 3.05) is 14.2 Å². The number of rotatable bonds is 11. The number of aliphatic carboxylic acids is 3. The normalized spacial score (nSPS) is 10.8. The lowest BCUT2D eigenvalue weighted by molar-refractivity contribution is -0.137.